The molecule has 0 spiro atoms. The predicted octanol–water partition coefficient (Wildman–Crippen LogP) is 0.0285. The Hall–Kier alpha value is -1.56. The van der Waals surface area contributed by atoms with Gasteiger partial charge in [0.05, 0.1) is 13.2 Å². The van der Waals surface area contributed by atoms with Crippen LogP contribution in [0.4, 0.5) is 11.8 Å². The lowest BCUT2D eigenvalue weighted by atomic mass is 10.1. The zero-order valence-electron chi connectivity index (χ0n) is 9.26. The fourth-order valence-corrected chi connectivity index (χ4v) is 1.79. The van der Waals surface area contributed by atoms with Gasteiger partial charge in [0.25, 0.3) is 0 Å². The quantitative estimate of drug-likeness (QED) is 0.737. The smallest absolute Gasteiger partial charge is 0.225 e. The molecule has 1 saturated heterocycles. The number of nitrogens with zero attached hydrogens (tertiary/aromatic N) is 3. The summed E-state index contributed by atoms with van der Waals surface area (Å²) in [5.41, 5.74) is 5.59. The van der Waals surface area contributed by atoms with Crippen molar-refractivity contribution in [3.05, 3.63) is 6.07 Å². The van der Waals surface area contributed by atoms with E-state index in [-0.39, 0.29) is 12.1 Å². The Kier molecular flexibility index (Phi) is 3.09. The first kappa shape index (κ1) is 10.9. The van der Waals surface area contributed by atoms with E-state index in [4.69, 9.17) is 10.5 Å². The number of nitrogen functional groups attached to an aromatic ring is 1. The molecule has 6 nitrogen and oxygen atoms in total. The van der Waals surface area contributed by atoms with Crippen LogP contribution in [0.25, 0.3) is 0 Å². The number of hydrogen-bond acceptors (Lipinski definition) is 6. The summed E-state index contributed by atoms with van der Waals surface area (Å²) >= 11 is 0. The van der Waals surface area contributed by atoms with E-state index >= 15 is 0 Å². The summed E-state index contributed by atoms with van der Waals surface area (Å²) in [5, 5.41) is 9.42. The molecular weight excluding hydrogens is 208 g/mol. The van der Waals surface area contributed by atoms with Crippen molar-refractivity contribution in [1.82, 2.24) is 9.97 Å². The van der Waals surface area contributed by atoms with Gasteiger partial charge < -0.3 is 20.5 Å². The van der Waals surface area contributed by atoms with Crippen LogP contribution >= 0.6 is 0 Å². The van der Waals surface area contributed by atoms with E-state index in [9.17, 15) is 5.11 Å². The molecule has 2 rings (SSSR count). The zero-order chi connectivity index (χ0) is 11.5. The summed E-state index contributed by atoms with van der Waals surface area (Å²) in [6, 6.07) is 1.76. The van der Waals surface area contributed by atoms with Crippen molar-refractivity contribution in [2.45, 2.75) is 18.9 Å². The Bertz CT molecular complexity index is 364. The van der Waals surface area contributed by atoms with Crippen LogP contribution < -0.4 is 15.4 Å². The molecule has 1 aromatic rings. The SMILES string of the molecule is COc1cc(N2CCC(O)CC2)nc(N)n1. The van der Waals surface area contributed by atoms with Gasteiger partial charge in [-0.2, -0.15) is 9.97 Å². The normalized spacial score (nSPS) is 17.5. The van der Waals surface area contributed by atoms with Crippen molar-refractivity contribution in [3.8, 4) is 5.88 Å². The van der Waals surface area contributed by atoms with Crippen molar-refractivity contribution >= 4 is 11.8 Å². The summed E-state index contributed by atoms with van der Waals surface area (Å²) in [6.07, 6.45) is 1.32. The highest BCUT2D eigenvalue weighted by Crippen LogP contribution is 2.21. The molecule has 0 saturated carbocycles. The molecule has 1 aromatic heterocycles. The first-order chi connectivity index (χ1) is 7.69. The van der Waals surface area contributed by atoms with E-state index in [0.29, 0.717) is 5.88 Å². The number of anilines is 2. The Labute approximate surface area is 94.1 Å². The molecule has 0 amide bonds. The second-order valence-electron chi connectivity index (χ2n) is 3.84. The van der Waals surface area contributed by atoms with Crippen LogP contribution in [0.15, 0.2) is 6.07 Å². The van der Waals surface area contributed by atoms with E-state index in [2.05, 4.69) is 14.9 Å². The minimum Gasteiger partial charge on any atom is -0.481 e. The Morgan fingerprint density at radius 3 is 2.75 bits per heavy atom. The van der Waals surface area contributed by atoms with Crippen molar-refractivity contribution in [2.75, 3.05) is 30.8 Å². The lowest BCUT2D eigenvalue weighted by Gasteiger charge is -2.30. The highest BCUT2D eigenvalue weighted by Gasteiger charge is 2.19. The van der Waals surface area contributed by atoms with Gasteiger partial charge in [-0.3, -0.25) is 0 Å². The van der Waals surface area contributed by atoms with Gasteiger partial charge in [0.1, 0.15) is 5.82 Å². The first-order valence-corrected chi connectivity index (χ1v) is 5.30. The molecule has 0 unspecified atom stereocenters. The molecule has 0 bridgehead atoms. The summed E-state index contributed by atoms with van der Waals surface area (Å²) in [4.78, 5) is 10.2. The molecule has 0 aromatic carbocycles. The van der Waals surface area contributed by atoms with E-state index < -0.39 is 0 Å². The summed E-state index contributed by atoms with van der Waals surface area (Å²) < 4.78 is 5.04. The third-order valence-electron chi connectivity index (χ3n) is 2.70. The number of piperidine rings is 1. The molecule has 6 heteroatoms. The second kappa shape index (κ2) is 4.52. The highest BCUT2D eigenvalue weighted by atomic mass is 16.5. The van der Waals surface area contributed by atoms with Crippen LogP contribution in [0.5, 0.6) is 5.88 Å². The molecule has 2 heterocycles. The maximum atomic E-state index is 9.42. The van der Waals surface area contributed by atoms with Crippen molar-refractivity contribution < 1.29 is 9.84 Å². The van der Waals surface area contributed by atoms with Crippen LogP contribution in [0.1, 0.15) is 12.8 Å². The average molecular weight is 224 g/mol. The minimum absolute atomic E-state index is 0.197. The van der Waals surface area contributed by atoms with Gasteiger partial charge in [-0.1, -0.05) is 0 Å². The van der Waals surface area contributed by atoms with Gasteiger partial charge >= 0.3 is 0 Å². The largest absolute Gasteiger partial charge is 0.481 e. The van der Waals surface area contributed by atoms with Crippen molar-refractivity contribution in [2.24, 2.45) is 0 Å². The molecule has 1 fully saturated rings. The van der Waals surface area contributed by atoms with Crippen molar-refractivity contribution in [3.63, 3.8) is 0 Å². The van der Waals surface area contributed by atoms with Gasteiger partial charge in [0.2, 0.25) is 11.8 Å². The Morgan fingerprint density at radius 1 is 1.44 bits per heavy atom. The third kappa shape index (κ3) is 2.33. The van der Waals surface area contributed by atoms with Crippen LogP contribution in [0.3, 0.4) is 0 Å². The van der Waals surface area contributed by atoms with E-state index in [1.807, 2.05) is 0 Å². The summed E-state index contributed by atoms with van der Waals surface area (Å²) in [7, 11) is 1.55. The standard InChI is InChI=1S/C10H16N4O2/c1-16-9-6-8(12-10(11)13-9)14-4-2-7(15)3-5-14/h6-7,15H,2-5H2,1H3,(H2,11,12,13). The molecule has 0 aliphatic carbocycles. The average Bonchev–Trinajstić information content (AvgIpc) is 2.29. The summed E-state index contributed by atoms with van der Waals surface area (Å²) in [6.45, 7) is 1.56. The van der Waals surface area contributed by atoms with Crippen LogP contribution in [-0.2, 0) is 0 Å². The maximum Gasteiger partial charge on any atom is 0.225 e. The molecular formula is C10H16N4O2. The van der Waals surface area contributed by atoms with Crippen LogP contribution in [0, 0.1) is 0 Å². The first-order valence-electron chi connectivity index (χ1n) is 5.30. The fraction of sp³-hybridized carbons (Fsp3) is 0.600. The molecule has 0 radical (unpaired) electrons. The van der Waals surface area contributed by atoms with E-state index in [0.717, 1.165) is 31.7 Å². The summed E-state index contributed by atoms with van der Waals surface area (Å²) in [5.74, 6) is 1.44. The molecule has 1 aliphatic heterocycles. The Balaban J connectivity index is 2.16. The number of aliphatic hydroxyl groups excluding tert-OH is 1. The fourth-order valence-electron chi connectivity index (χ4n) is 1.79. The van der Waals surface area contributed by atoms with Crippen molar-refractivity contribution in [1.29, 1.82) is 0 Å². The molecule has 16 heavy (non-hydrogen) atoms. The van der Waals surface area contributed by atoms with E-state index in [1.54, 1.807) is 13.2 Å². The van der Waals surface area contributed by atoms with E-state index in [1.165, 1.54) is 0 Å². The highest BCUT2D eigenvalue weighted by molar-refractivity contribution is 5.45. The number of aliphatic hydroxyl groups is 1. The van der Waals surface area contributed by atoms with Gasteiger partial charge in [0.15, 0.2) is 0 Å². The lowest BCUT2D eigenvalue weighted by Crippen LogP contribution is -2.36. The lowest BCUT2D eigenvalue weighted by molar-refractivity contribution is 0.145. The predicted molar refractivity (Wildman–Crippen MR) is 60.5 cm³/mol. The van der Waals surface area contributed by atoms with Gasteiger partial charge in [-0.05, 0) is 12.8 Å². The van der Waals surface area contributed by atoms with Gasteiger partial charge in [0, 0.05) is 19.2 Å². The number of hydrogen-bond donors (Lipinski definition) is 2. The topological polar surface area (TPSA) is 84.5 Å². The Morgan fingerprint density at radius 2 is 2.12 bits per heavy atom. The number of nitrogens with two attached hydrogens (primary N) is 1. The van der Waals surface area contributed by atoms with Gasteiger partial charge in [-0.15, -0.1) is 0 Å². The number of aromatic nitrogens is 2. The van der Waals surface area contributed by atoms with Crippen LogP contribution in [-0.4, -0.2) is 41.4 Å². The third-order valence-corrected chi connectivity index (χ3v) is 2.70. The molecule has 0 atom stereocenters. The molecule has 3 N–H and O–H groups in total. The molecule has 1 aliphatic rings. The van der Waals surface area contributed by atoms with Crippen LogP contribution in [0.2, 0.25) is 0 Å². The second-order valence-corrected chi connectivity index (χ2v) is 3.84. The minimum atomic E-state index is -0.197. The zero-order valence-corrected chi connectivity index (χ0v) is 9.26. The van der Waals surface area contributed by atoms with Gasteiger partial charge in [-0.25, -0.2) is 0 Å². The number of ether oxygens (including phenoxy) is 1. The molecule has 88 valence electrons. The maximum absolute atomic E-state index is 9.42. The monoisotopic (exact) mass is 224 g/mol. The number of rotatable bonds is 2. The number of methoxy groups -OCH3 is 1.